The molecule has 0 bridgehead atoms. The van der Waals surface area contributed by atoms with E-state index in [0.29, 0.717) is 6.61 Å². The van der Waals surface area contributed by atoms with E-state index in [9.17, 15) is 0 Å². The predicted octanol–water partition coefficient (Wildman–Crippen LogP) is 3.06. The van der Waals surface area contributed by atoms with Gasteiger partial charge in [-0.2, -0.15) is 0 Å². The quantitative estimate of drug-likeness (QED) is 0.917. The second-order valence-corrected chi connectivity index (χ2v) is 5.03. The van der Waals surface area contributed by atoms with E-state index >= 15 is 0 Å². The second-order valence-electron chi connectivity index (χ2n) is 5.03. The SMILES string of the molecule is CCc1cccc(OCC(N)c2ccc3c(c2)OCO3)c1. The molecule has 21 heavy (non-hydrogen) atoms. The zero-order valence-electron chi connectivity index (χ0n) is 12.0. The van der Waals surface area contributed by atoms with Crippen LogP contribution < -0.4 is 19.9 Å². The van der Waals surface area contributed by atoms with E-state index in [1.165, 1.54) is 5.56 Å². The van der Waals surface area contributed by atoms with Crippen LogP contribution in [0.4, 0.5) is 0 Å². The number of hydrogen-bond acceptors (Lipinski definition) is 4. The molecule has 1 aliphatic heterocycles. The van der Waals surface area contributed by atoms with Crippen molar-refractivity contribution in [2.75, 3.05) is 13.4 Å². The maximum Gasteiger partial charge on any atom is 0.231 e. The molecule has 2 aromatic carbocycles. The number of hydrogen-bond donors (Lipinski definition) is 1. The average molecular weight is 285 g/mol. The number of nitrogens with two attached hydrogens (primary N) is 1. The second kappa shape index (κ2) is 6.06. The molecular formula is C17H19NO3. The lowest BCUT2D eigenvalue weighted by atomic mass is 10.1. The van der Waals surface area contributed by atoms with E-state index in [-0.39, 0.29) is 12.8 Å². The van der Waals surface area contributed by atoms with Crippen molar-refractivity contribution in [3.05, 3.63) is 53.6 Å². The number of ether oxygens (including phenoxy) is 3. The van der Waals surface area contributed by atoms with Gasteiger partial charge in [-0.15, -0.1) is 0 Å². The molecule has 2 aromatic rings. The predicted molar refractivity (Wildman–Crippen MR) is 80.8 cm³/mol. The van der Waals surface area contributed by atoms with Gasteiger partial charge in [-0.05, 0) is 41.8 Å². The Bertz CT molecular complexity index is 627. The third-order valence-corrected chi connectivity index (χ3v) is 3.56. The molecule has 1 heterocycles. The minimum absolute atomic E-state index is 0.204. The van der Waals surface area contributed by atoms with Gasteiger partial charge in [0.15, 0.2) is 11.5 Å². The highest BCUT2D eigenvalue weighted by Gasteiger charge is 2.16. The zero-order chi connectivity index (χ0) is 14.7. The summed E-state index contributed by atoms with van der Waals surface area (Å²) in [6.07, 6.45) is 0.991. The average Bonchev–Trinajstić information content (AvgIpc) is 3.00. The van der Waals surface area contributed by atoms with E-state index in [0.717, 1.165) is 29.2 Å². The Kier molecular flexibility index (Phi) is 3.97. The van der Waals surface area contributed by atoms with Gasteiger partial charge in [-0.25, -0.2) is 0 Å². The van der Waals surface area contributed by atoms with Crippen LogP contribution in [0, 0.1) is 0 Å². The maximum atomic E-state index is 6.19. The Morgan fingerprint density at radius 1 is 1.14 bits per heavy atom. The largest absolute Gasteiger partial charge is 0.492 e. The molecule has 0 aliphatic carbocycles. The maximum absolute atomic E-state index is 6.19. The summed E-state index contributed by atoms with van der Waals surface area (Å²) in [6.45, 7) is 2.82. The third-order valence-electron chi connectivity index (χ3n) is 3.56. The van der Waals surface area contributed by atoms with Crippen LogP contribution in [0.25, 0.3) is 0 Å². The molecule has 1 atom stereocenters. The van der Waals surface area contributed by atoms with Gasteiger partial charge in [0, 0.05) is 0 Å². The Labute approximate surface area is 124 Å². The summed E-state index contributed by atoms with van der Waals surface area (Å²) in [7, 11) is 0. The van der Waals surface area contributed by atoms with E-state index in [4.69, 9.17) is 19.9 Å². The smallest absolute Gasteiger partial charge is 0.231 e. The highest BCUT2D eigenvalue weighted by molar-refractivity contribution is 5.45. The van der Waals surface area contributed by atoms with Crippen molar-refractivity contribution in [2.24, 2.45) is 5.73 Å². The molecule has 0 spiro atoms. The normalized spacial score (nSPS) is 14.0. The van der Waals surface area contributed by atoms with Gasteiger partial charge < -0.3 is 19.9 Å². The highest BCUT2D eigenvalue weighted by Crippen LogP contribution is 2.33. The molecule has 0 saturated heterocycles. The van der Waals surface area contributed by atoms with Crippen molar-refractivity contribution in [1.29, 1.82) is 0 Å². The lowest BCUT2D eigenvalue weighted by Crippen LogP contribution is -2.19. The van der Waals surface area contributed by atoms with Crippen LogP contribution in [-0.2, 0) is 6.42 Å². The van der Waals surface area contributed by atoms with Gasteiger partial charge in [0.25, 0.3) is 0 Å². The van der Waals surface area contributed by atoms with Crippen molar-refractivity contribution in [1.82, 2.24) is 0 Å². The Balaban J connectivity index is 1.64. The summed E-state index contributed by atoms with van der Waals surface area (Å²) >= 11 is 0. The third kappa shape index (κ3) is 3.11. The van der Waals surface area contributed by atoms with Crippen molar-refractivity contribution in [3.63, 3.8) is 0 Å². The first kappa shape index (κ1) is 13.8. The molecule has 2 N–H and O–H groups in total. The number of fused-ring (bicyclic) bond motifs is 1. The minimum atomic E-state index is -0.204. The van der Waals surface area contributed by atoms with Crippen LogP contribution >= 0.6 is 0 Å². The summed E-state index contributed by atoms with van der Waals surface area (Å²) < 4.78 is 16.4. The fourth-order valence-electron chi connectivity index (χ4n) is 2.28. The van der Waals surface area contributed by atoms with Crippen LogP contribution in [0.5, 0.6) is 17.2 Å². The van der Waals surface area contributed by atoms with Gasteiger partial charge in [-0.1, -0.05) is 25.1 Å². The van der Waals surface area contributed by atoms with Crippen LogP contribution in [0.2, 0.25) is 0 Å². The fraction of sp³-hybridized carbons (Fsp3) is 0.294. The summed E-state index contributed by atoms with van der Waals surface area (Å²) in [5.41, 5.74) is 8.42. The molecule has 0 amide bonds. The van der Waals surface area contributed by atoms with Crippen molar-refractivity contribution >= 4 is 0 Å². The highest BCUT2D eigenvalue weighted by atomic mass is 16.7. The minimum Gasteiger partial charge on any atom is -0.492 e. The van der Waals surface area contributed by atoms with E-state index in [1.807, 2.05) is 36.4 Å². The van der Waals surface area contributed by atoms with Gasteiger partial charge >= 0.3 is 0 Å². The first-order chi connectivity index (χ1) is 10.3. The van der Waals surface area contributed by atoms with Crippen LogP contribution in [-0.4, -0.2) is 13.4 Å². The first-order valence-corrected chi connectivity index (χ1v) is 7.13. The number of benzene rings is 2. The van der Waals surface area contributed by atoms with Crippen LogP contribution in [0.1, 0.15) is 24.1 Å². The molecule has 1 unspecified atom stereocenters. The monoisotopic (exact) mass is 285 g/mol. The number of rotatable bonds is 5. The fourth-order valence-corrected chi connectivity index (χ4v) is 2.28. The molecule has 110 valence electrons. The van der Waals surface area contributed by atoms with E-state index in [2.05, 4.69) is 13.0 Å². The standard InChI is InChI=1S/C17H19NO3/c1-2-12-4-3-5-14(8-12)19-10-15(18)13-6-7-16-17(9-13)21-11-20-16/h3-9,15H,2,10-11,18H2,1H3. The molecule has 3 rings (SSSR count). The Morgan fingerprint density at radius 2 is 2.00 bits per heavy atom. The molecule has 4 heteroatoms. The summed E-state index contributed by atoms with van der Waals surface area (Å²) in [6, 6.07) is 13.6. The molecule has 0 fully saturated rings. The Morgan fingerprint density at radius 3 is 2.86 bits per heavy atom. The Hall–Kier alpha value is -2.20. The van der Waals surface area contributed by atoms with Gasteiger partial charge in [0.05, 0.1) is 6.04 Å². The van der Waals surface area contributed by atoms with Gasteiger partial charge in [-0.3, -0.25) is 0 Å². The van der Waals surface area contributed by atoms with Gasteiger partial charge in [0.1, 0.15) is 12.4 Å². The summed E-state index contributed by atoms with van der Waals surface area (Å²) in [5.74, 6) is 2.36. The van der Waals surface area contributed by atoms with Gasteiger partial charge in [0.2, 0.25) is 6.79 Å². The molecule has 4 nitrogen and oxygen atoms in total. The first-order valence-electron chi connectivity index (χ1n) is 7.13. The van der Waals surface area contributed by atoms with Crippen LogP contribution in [0.15, 0.2) is 42.5 Å². The molecule has 0 saturated carbocycles. The van der Waals surface area contributed by atoms with Crippen LogP contribution in [0.3, 0.4) is 0 Å². The molecule has 0 radical (unpaired) electrons. The lowest BCUT2D eigenvalue weighted by Gasteiger charge is -2.14. The van der Waals surface area contributed by atoms with E-state index in [1.54, 1.807) is 0 Å². The number of aryl methyl sites for hydroxylation is 1. The zero-order valence-corrected chi connectivity index (χ0v) is 12.0. The van der Waals surface area contributed by atoms with Crippen molar-refractivity contribution < 1.29 is 14.2 Å². The van der Waals surface area contributed by atoms with Crippen molar-refractivity contribution in [2.45, 2.75) is 19.4 Å². The molecular weight excluding hydrogens is 266 g/mol. The van der Waals surface area contributed by atoms with E-state index < -0.39 is 0 Å². The van der Waals surface area contributed by atoms with Crippen molar-refractivity contribution in [3.8, 4) is 17.2 Å². The lowest BCUT2D eigenvalue weighted by molar-refractivity contribution is 0.174. The summed E-state index contributed by atoms with van der Waals surface area (Å²) in [4.78, 5) is 0. The molecule has 0 aromatic heterocycles. The topological polar surface area (TPSA) is 53.7 Å². The summed E-state index contributed by atoms with van der Waals surface area (Å²) in [5, 5.41) is 0. The molecule has 1 aliphatic rings.